The van der Waals surface area contributed by atoms with Crippen molar-refractivity contribution in [1.29, 1.82) is 0 Å². The van der Waals surface area contributed by atoms with Crippen LogP contribution in [0.2, 0.25) is 0 Å². The molecule has 0 spiro atoms. The summed E-state index contributed by atoms with van der Waals surface area (Å²) in [7, 11) is 0. The summed E-state index contributed by atoms with van der Waals surface area (Å²) < 4.78 is 7.80. The maximum atomic E-state index is 5.60. The molecule has 4 nitrogen and oxygen atoms in total. The van der Waals surface area contributed by atoms with E-state index in [9.17, 15) is 0 Å². The molecule has 18 heavy (non-hydrogen) atoms. The zero-order valence-electron chi connectivity index (χ0n) is 11.6. The molecule has 1 aliphatic carbocycles. The van der Waals surface area contributed by atoms with Crippen molar-refractivity contribution in [2.75, 3.05) is 19.8 Å². The summed E-state index contributed by atoms with van der Waals surface area (Å²) in [5, 5.41) is 3.45. The van der Waals surface area contributed by atoms with E-state index in [0.717, 1.165) is 38.6 Å². The quantitative estimate of drug-likeness (QED) is 0.685. The molecule has 0 unspecified atom stereocenters. The topological polar surface area (TPSA) is 39.1 Å². The van der Waals surface area contributed by atoms with E-state index in [1.54, 1.807) is 0 Å². The molecule has 0 radical (unpaired) electrons. The number of nitrogens with zero attached hydrogens (tertiary/aromatic N) is 2. The third-order valence-corrected chi connectivity index (χ3v) is 3.30. The summed E-state index contributed by atoms with van der Waals surface area (Å²) in [6, 6.07) is 0.478. The van der Waals surface area contributed by atoms with E-state index in [2.05, 4.69) is 28.7 Å². The smallest absolute Gasteiger partial charge is 0.0951 e. The van der Waals surface area contributed by atoms with Gasteiger partial charge in [-0.05, 0) is 45.6 Å². The van der Waals surface area contributed by atoms with Crippen LogP contribution >= 0.6 is 0 Å². The molecule has 1 heterocycles. The number of imidazole rings is 1. The van der Waals surface area contributed by atoms with Crippen LogP contribution in [0.4, 0.5) is 0 Å². The van der Waals surface area contributed by atoms with E-state index in [4.69, 9.17) is 4.74 Å². The van der Waals surface area contributed by atoms with E-state index in [1.165, 1.54) is 18.5 Å². The SMILES string of the molecule is CC(C)n1cncc1CNCCCOCC1CC1. The van der Waals surface area contributed by atoms with Crippen molar-refractivity contribution in [2.24, 2.45) is 5.92 Å². The lowest BCUT2D eigenvalue weighted by Crippen LogP contribution is -2.19. The molecule has 1 aliphatic rings. The Balaban J connectivity index is 1.52. The van der Waals surface area contributed by atoms with E-state index in [1.807, 2.05) is 12.5 Å². The highest BCUT2D eigenvalue weighted by Gasteiger charge is 2.20. The molecule has 1 aromatic rings. The standard InChI is InChI=1S/C14H25N3O/c1-12(2)17-11-16-9-14(17)8-15-6-3-7-18-10-13-4-5-13/h9,11-13,15H,3-8,10H2,1-2H3. The van der Waals surface area contributed by atoms with Gasteiger partial charge in [0.05, 0.1) is 12.0 Å². The fourth-order valence-corrected chi connectivity index (χ4v) is 1.98. The summed E-state index contributed by atoms with van der Waals surface area (Å²) in [5.74, 6) is 0.873. The Kier molecular flexibility index (Phi) is 5.20. The Bertz CT molecular complexity index is 345. The van der Waals surface area contributed by atoms with Crippen LogP contribution in [-0.4, -0.2) is 29.3 Å². The van der Waals surface area contributed by atoms with Crippen molar-refractivity contribution in [3.63, 3.8) is 0 Å². The van der Waals surface area contributed by atoms with E-state index in [-0.39, 0.29) is 0 Å². The number of ether oxygens (including phenoxy) is 1. The first-order chi connectivity index (χ1) is 8.77. The van der Waals surface area contributed by atoms with Crippen molar-refractivity contribution in [3.05, 3.63) is 18.2 Å². The van der Waals surface area contributed by atoms with Crippen molar-refractivity contribution in [3.8, 4) is 0 Å². The molecule has 1 aromatic heterocycles. The van der Waals surface area contributed by atoms with Gasteiger partial charge in [0.2, 0.25) is 0 Å². The molecule has 0 atom stereocenters. The Hall–Kier alpha value is -0.870. The van der Waals surface area contributed by atoms with Gasteiger partial charge in [0, 0.05) is 32.0 Å². The summed E-state index contributed by atoms with van der Waals surface area (Å²) in [6.07, 6.45) is 7.68. The largest absolute Gasteiger partial charge is 0.381 e. The van der Waals surface area contributed by atoms with Gasteiger partial charge in [-0.1, -0.05) is 0 Å². The van der Waals surface area contributed by atoms with E-state index in [0.29, 0.717) is 6.04 Å². The Labute approximate surface area is 110 Å². The highest BCUT2D eigenvalue weighted by atomic mass is 16.5. The molecule has 2 rings (SSSR count). The second kappa shape index (κ2) is 6.90. The van der Waals surface area contributed by atoms with Gasteiger partial charge in [-0.3, -0.25) is 0 Å². The zero-order chi connectivity index (χ0) is 12.8. The average molecular weight is 251 g/mol. The minimum absolute atomic E-state index is 0.478. The van der Waals surface area contributed by atoms with Crippen LogP contribution < -0.4 is 5.32 Å². The van der Waals surface area contributed by atoms with E-state index >= 15 is 0 Å². The van der Waals surface area contributed by atoms with Crippen LogP contribution in [0.1, 0.15) is 44.8 Å². The van der Waals surface area contributed by atoms with Gasteiger partial charge in [0.25, 0.3) is 0 Å². The molecule has 0 amide bonds. The first kappa shape index (κ1) is 13.6. The predicted molar refractivity (Wildman–Crippen MR) is 72.5 cm³/mol. The summed E-state index contributed by atoms with van der Waals surface area (Å²) in [4.78, 5) is 4.20. The normalized spacial score (nSPS) is 15.5. The Morgan fingerprint density at radius 2 is 2.33 bits per heavy atom. The fourth-order valence-electron chi connectivity index (χ4n) is 1.98. The maximum Gasteiger partial charge on any atom is 0.0951 e. The number of aromatic nitrogens is 2. The first-order valence-corrected chi connectivity index (χ1v) is 7.06. The maximum absolute atomic E-state index is 5.60. The molecule has 1 saturated carbocycles. The fraction of sp³-hybridized carbons (Fsp3) is 0.786. The number of nitrogens with one attached hydrogen (secondary N) is 1. The van der Waals surface area contributed by atoms with Crippen LogP contribution in [0, 0.1) is 5.92 Å². The minimum atomic E-state index is 0.478. The molecule has 0 aliphatic heterocycles. The van der Waals surface area contributed by atoms with Gasteiger partial charge >= 0.3 is 0 Å². The van der Waals surface area contributed by atoms with Crippen LogP contribution in [0.5, 0.6) is 0 Å². The molecular weight excluding hydrogens is 226 g/mol. The summed E-state index contributed by atoms with van der Waals surface area (Å²) >= 11 is 0. The van der Waals surface area contributed by atoms with Crippen LogP contribution in [-0.2, 0) is 11.3 Å². The predicted octanol–water partition coefficient (Wildman–Crippen LogP) is 2.37. The van der Waals surface area contributed by atoms with Gasteiger partial charge in [0.1, 0.15) is 0 Å². The highest BCUT2D eigenvalue weighted by molar-refractivity contribution is 4.99. The first-order valence-electron chi connectivity index (χ1n) is 7.06. The lowest BCUT2D eigenvalue weighted by molar-refractivity contribution is 0.122. The van der Waals surface area contributed by atoms with Gasteiger partial charge < -0.3 is 14.6 Å². The van der Waals surface area contributed by atoms with Gasteiger partial charge in [-0.25, -0.2) is 4.98 Å². The van der Waals surface area contributed by atoms with Crippen molar-refractivity contribution >= 4 is 0 Å². The molecule has 1 N–H and O–H groups in total. The summed E-state index contributed by atoms with van der Waals surface area (Å²) in [5.41, 5.74) is 1.25. The lowest BCUT2D eigenvalue weighted by Gasteiger charge is -2.12. The second-order valence-corrected chi connectivity index (χ2v) is 5.43. The average Bonchev–Trinajstić information content (AvgIpc) is 3.04. The van der Waals surface area contributed by atoms with Gasteiger partial charge in [-0.15, -0.1) is 0 Å². The molecule has 4 heteroatoms. The van der Waals surface area contributed by atoms with E-state index < -0.39 is 0 Å². The Morgan fingerprint density at radius 1 is 1.50 bits per heavy atom. The summed E-state index contributed by atoms with van der Waals surface area (Å²) in [6.45, 7) is 8.11. The Morgan fingerprint density at radius 3 is 3.06 bits per heavy atom. The van der Waals surface area contributed by atoms with Crippen molar-refractivity contribution < 1.29 is 4.74 Å². The molecular formula is C14H25N3O. The van der Waals surface area contributed by atoms with Crippen molar-refractivity contribution in [2.45, 2.75) is 45.7 Å². The molecule has 0 bridgehead atoms. The lowest BCUT2D eigenvalue weighted by atomic mass is 10.3. The van der Waals surface area contributed by atoms with Gasteiger partial charge in [0.15, 0.2) is 0 Å². The second-order valence-electron chi connectivity index (χ2n) is 5.43. The highest BCUT2D eigenvalue weighted by Crippen LogP contribution is 2.28. The monoisotopic (exact) mass is 251 g/mol. The van der Waals surface area contributed by atoms with Gasteiger partial charge in [-0.2, -0.15) is 0 Å². The third-order valence-electron chi connectivity index (χ3n) is 3.30. The molecule has 1 fully saturated rings. The number of hydrogen-bond donors (Lipinski definition) is 1. The minimum Gasteiger partial charge on any atom is -0.381 e. The van der Waals surface area contributed by atoms with Crippen molar-refractivity contribution in [1.82, 2.24) is 14.9 Å². The molecule has 0 aromatic carbocycles. The number of rotatable bonds is 9. The zero-order valence-corrected chi connectivity index (χ0v) is 11.6. The number of hydrogen-bond acceptors (Lipinski definition) is 3. The van der Waals surface area contributed by atoms with Crippen LogP contribution in [0.15, 0.2) is 12.5 Å². The molecule has 102 valence electrons. The molecule has 0 saturated heterocycles. The van der Waals surface area contributed by atoms with Crippen LogP contribution in [0.3, 0.4) is 0 Å². The third kappa shape index (κ3) is 4.42. The van der Waals surface area contributed by atoms with Crippen LogP contribution in [0.25, 0.3) is 0 Å².